The number of benzene rings is 1. The van der Waals surface area contributed by atoms with Crippen molar-refractivity contribution in [1.82, 2.24) is 10.3 Å². The maximum atomic E-state index is 13.7. The highest BCUT2D eigenvalue weighted by molar-refractivity contribution is 5.98. The highest BCUT2D eigenvalue weighted by atomic mass is 19.1. The van der Waals surface area contributed by atoms with Gasteiger partial charge in [0.2, 0.25) is 0 Å². The smallest absolute Gasteiger partial charge is 0.267 e. The van der Waals surface area contributed by atoms with Crippen molar-refractivity contribution < 1.29 is 9.18 Å². The van der Waals surface area contributed by atoms with Gasteiger partial charge in [-0.1, -0.05) is 19.4 Å². The van der Waals surface area contributed by atoms with Crippen molar-refractivity contribution in [3.63, 3.8) is 0 Å². The third-order valence-electron chi connectivity index (χ3n) is 4.61. The summed E-state index contributed by atoms with van der Waals surface area (Å²) in [7, 11) is 0. The molecule has 1 amide bonds. The van der Waals surface area contributed by atoms with Gasteiger partial charge in [0.1, 0.15) is 11.5 Å². The largest absolute Gasteiger partial charge is 0.350 e. The van der Waals surface area contributed by atoms with Crippen LogP contribution in [-0.2, 0) is 0 Å². The Morgan fingerprint density at radius 2 is 2.10 bits per heavy atom. The van der Waals surface area contributed by atoms with E-state index in [2.05, 4.69) is 17.2 Å². The molecule has 1 aliphatic carbocycles. The summed E-state index contributed by atoms with van der Waals surface area (Å²) in [5, 5.41) is 3.54. The lowest BCUT2D eigenvalue weighted by Crippen LogP contribution is -2.37. The maximum absolute atomic E-state index is 13.7. The Labute approximate surface area is 123 Å². The molecular formula is C17H21FN2O. The number of aromatic amines is 1. The van der Waals surface area contributed by atoms with E-state index in [1.165, 1.54) is 25.3 Å². The number of hydrogen-bond acceptors (Lipinski definition) is 1. The van der Waals surface area contributed by atoms with Crippen molar-refractivity contribution >= 4 is 16.8 Å². The number of rotatable bonds is 3. The number of carbonyl (C=O) groups excluding carboxylic acids is 1. The second-order valence-electron chi connectivity index (χ2n) is 5.98. The van der Waals surface area contributed by atoms with Crippen LogP contribution in [0.2, 0.25) is 0 Å². The predicted molar refractivity (Wildman–Crippen MR) is 81.8 cm³/mol. The molecule has 0 spiro atoms. The monoisotopic (exact) mass is 288 g/mol. The molecule has 3 rings (SSSR count). The topological polar surface area (TPSA) is 44.9 Å². The molecular weight excluding hydrogens is 267 g/mol. The van der Waals surface area contributed by atoms with Gasteiger partial charge in [-0.15, -0.1) is 0 Å². The zero-order valence-electron chi connectivity index (χ0n) is 12.3. The molecule has 112 valence electrons. The Bertz CT molecular complexity index is 641. The second kappa shape index (κ2) is 5.88. The van der Waals surface area contributed by atoms with Crippen molar-refractivity contribution in [1.29, 1.82) is 0 Å². The number of fused-ring (bicyclic) bond motifs is 1. The van der Waals surface area contributed by atoms with Crippen LogP contribution in [0.3, 0.4) is 0 Å². The van der Waals surface area contributed by atoms with Gasteiger partial charge in [-0.25, -0.2) is 4.39 Å². The van der Waals surface area contributed by atoms with E-state index < -0.39 is 0 Å². The first-order valence-corrected chi connectivity index (χ1v) is 7.75. The van der Waals surface area contributed by atoms with Gasteiger partial charge >= 0.3 is 0 Å². The Morgan fingerprint density at radius 3 is 2.76 bits per heavy atom. The van der Waals surface area contributed by atoms with Gasteiger partial charge in [-0.2, -0.15) is 0 Å². The van der Waals surface area contributed by atoms with Gasteiger partial charge in [0.15, 0.2) is 0 Å². The van der Waals surface area contributed by atoms with Crippen molar-refractivity contribution in [2.45, 2.75) is 45.1 Å². The molecule has 1 fully saturated rings. The number of H-pyrrole nitrogens is 1. The summed E-state index contributed by atoms with van der Waals surface area (Å²) in [4.78, 5) is 15.3. The fraction of sp³-hybridized carbons (Fsp3) is 0.471. The summed E-state index contributed by atoms with van der Waals surface area (Å²) in [6.07, 6.45) is 5.67. The average Bonchev–Trinajstić information content (AvgIpc) is 2.94. The van der Waals surface area contributed by atoms with Crippen molar-refractivity contribution in [2.24, 2.45) is 5.92 Å². The van der Waals surface area contributed by atoms with Crippen LogP contribution >= 0.6 is 0 Å². The van der Waals surface area contributed by atoms with Crippen LogP contribution in [0.5, 0.6) is 0 Å². The Balaban J connectivity index is 1.68. The third kappa shape index (κ3) is 2.94. The lowest BCUT2D eigenvalue weighted by Gasteiger charge is -2.28. The molecule has 2 N–H and O–H groups in total. The zero-order valence-corrected chi connectivity index (χ0v) is 12.3. The minimum Gasteiger partial charge on any atom is -0.350 e. The number of aromatic nitrogens is 1. The predicted octanol–water partition coefficient (Wildman–Crippen LogP) is 4.01. The number of hydrogen-bond donors (Lipinski definition) is 2. The highest BCUT2D eigenvalue weighted by Crippen LogP contribution is 2.27. The van der Waals surface area contributed by atoms with Crippen molar-refractivity contribution in [3.8, 4) is 0 Å². The SMILES string of the molecule is CCC1CCC(NC(=O)c2cc3c(F)cccc3[nH]2)CC1. The summed E-state index contributed by atoms with van der Waals surface area (Å²) in [5.41, 5.74) is 1.10. The summed E-state index contributed by atoms with van der Waals surface area (Å²) in [5.74, 6) is 0.372. The first-order valence-electron chi connectivity index (χ1n) is 7.75. The molecule has 3 nitrogen and oxygen atoms in total. The van der Waals surface area contributed by atoms with Gasteiger partial charge in [0, 0.05) is 16.9 Å². The molecule has 0 aliphatic heterocycles. The number of carbonyl (C=O) groups is 1. The fourth-order valence-electron chi connectivity index (χ4n) is 3.22. The molecule has 1 aromatic carbocycles. The molecule has 0 radical (unpaired) electrons. The van der Waals surface area contributed by atoms with E-state index in [4.69, 9.17) is 0 Å². The first kappa shape index (κ1) is 14.1. The highest BCUT2D eigenvalue weighted by Gasteiger charge is 2.22. The molecule has 1 aliphatic rings. The Kier molecular flexibility index (Phi) is 3.95. The fourth-order valence-corrected chi connectivity index (χ4v) is 3.22. The van der Waals surface area contributed by atoms with Gasteiger partial charge in [-0.3, -0.25) is 4.79 Å². The minimum atomic E-state index is -0.300. The van der Waals surface area contributed by atoms with E-state index >= 15 is 0 Å². The summed E-state index contributed by atoms with van der Waals surface area (Å²) >= 11 is 0. The number of nitrogens with one attached hydrogen (secondary N) is 2. The quantitative estimate of drug-likeness (QED) is 0.880. The molecule has 0 unspecified atom stereocenters. The molecule has 1 heterocycles. The molecule has 21 heavy (non-hydrogen) atoms. The zero-order chi connectivity index (χ0) is 14.8. The van der Waals surface area contributed by atoms with Crippen LogP contribution in [0.4, 0.5) is 4.39 Å². The van der Waals surface area contributed by atoms with E-state index in [1.54, 1.807) is 18.2 Å². The maximum Gasteiger partial charge on any atom is 0.267 e. The molecule has 4 heteroatoms. The van der Waals surface area contributed by atoms with Gasteiger partial charge in [0.05, 0.1) is 0 Å². The number of amides is 1. The second-order valence-corrected chi connectivity index (χ2v) is 5.98. The molecule has 0 bridgehead atoms. The van der Waals surface area contributed by atoms with E-state index in [9.17, 15) is 9.18 Å². The van der Waals surface area contributed by atoms with Crippen molar-refractivity contribution in [3.05, 3.63) is 35.8 Å². The summed E-state index contributed by atoms with van der Waals surface area (Å²) in [6, 6.07) is 6.67. The van der Waals surface area contributed by atoms with Gasteiger partial charge in [-0.05, 0) is 49.8 Å². The van der Waals surface area contributed by atoms with Crippen molar-refractivity contribution in [2.75, 3.05) is 0 Å². The lowest BCUT2D eigenvalue weighted by atomic mass is 9.84. The van der Waals surface area contributed by atoms with Gasteiger partial charge in [0.25, 0.3) is 5.91 Å². The van der Waals surface area contributed by atoms with Gasteiger partial charge < -0.3 is 10.3 Å². The van der Waals surface area contributed by atoms with E-state index in [0.29, 0.717) is 16.6 Å². The number of halogens is 1. The summed E-state index contributed by atoms with van der Waals surface area (Å²) < 4.78 is 13.7. The molecule has 1 aromatic heterocycles. The normalized spacial score (nSPS) is 22.4. The third-order valence-corrected chi connectivity index (χ3v) is 4.61. The Morgan fingerprint density at radius 1 is 1.33 bits per heavy atom. The van der Waals surface area contributed by atoms with Crippen LogP contribution in [0.15, 0.2) is 24.3 Å². The minimum absolute atomic E-state index is 0.134. The average molecular weight is 288 g/mol. The van der Waals surface area contributed by atoms with E-state index in [0.717, 1.165) is 18.8 Å². The van der Waals surface area contributed by atoms with E-state index in [-0.39, 0.29) is 17.8 Å². The van der Waals surface area contributed by atoms with E-state index in [1.807, 2.05) is 0 Å². The van der Waals surface area contributed by atoms with Crippen LogP contribution in [-0.4, -0.2) is 16.9 Å². The molecule has 0 atom stereocenters. The van der Waals surface area contributed by atoms with Crippen LogP contribution in [0.25, 0.3) is 10.9 Å². The summed E-state index contributed by atoms with van der Waals surface area (Å²) in [6.45, 7) is 2.22. The molecule has 2 aromatic rings. The lowest BCUT2D eigenvalue weighted by molar-refractivity contribution is 0.0917. The van der Waals surface area contributed by atoms with Crippen LogP contribution < -0.4 is 5.32 Å². The first-order chi connectivity index (χ1) is 10.2. The van der Waals surface area contributed by atoms with Crippen LogP contribution in [0, 0.1) is 11.7 Å². The Hall–Kier alpha value is -1.84. The molecule has 0 saturated heterocycles. The molecule has 1 saturated carbocycles. The standard InChI is InChI=1S/C17H21FN2O/c1-2-11-6-8-12(9-7-11)19-17(21)16-10-13-14(18)4-3-5-15(13)20-16/h3-5,10-12,20H,2,6-9H2,1H3,(H,19,21). The van der Waals surface area contributed by atoms with Crippen LogP contribution in [0.1, 0.15) is 49.5 Å².